The molecule has 3 fully saturated rings. The van der Waals surface area contributed by atoms with E-state index < -0.39 is 0 Å². The quantitative estimate of drug-likeness (QED) is 0.830. The molecule has 1 aromatic carbocycles. The van der Waals surface area contributed by atoms with Crippen LogP contribution in [0.4, 0.5) is 0 Å². The molecule has 22 heavy (non-hydrogen) atoms. The number of rotatable bonds is 3. The third-order valence-electron chi connectivity index (χ3n) is 6.09. The smallest absolute Gasteiger partial charge is 0.0466 e. The van der Waals surface area contributed by atoms with E-state index >= 15 is 0 Å². The lowest BCUT2D eigenvalue weighted by atomic mass is 9.87. The summed E-state index contributed by atoms with van der Waals surface area (Å²) in [7, 11) is 2.25. The molecule has 0 unspecified atom stereocenters. The largest absolute Gasteiger partial charge is 0.304 e. The lowest BCUT2D eigenvalue weighted by Gasteiger charge is -2.40. The van der Waals surface area contributed by atoms with Crippen LogP contribution in [0.25, 0.3) is 0 Å². The number of nitrogens with zero attached hydrogens (tertiary/aromatic N) is 2. The molecule has 122 valence electrons. The Labute approximate surface area is 141 Å². The molecule has 0 spiro atoms. The van der Waals surface area contributed by atoms with Crippen LogP contribution in [-0.2, 0) is 5.54 Å². The fraction of sp³-hybridized carbons (Fsp3) is 0.684. The first kappa shape index (κ1) is 16.3. The van der Waals surface area contributed by atoms with Crippen LogP contribution in [0, 0.1) is 0 Å². The van der Waals surface area contributed by atoms with Gasteiger partial charge >= 0.3 is 0 Å². The molecule has 1 aromatic rings. The monoisotopic (exact) mass is 320 g/mol. The summed E-state index contributed by atoms with van der Waals surface area (Å²) in [5.74, 6) is 0.839. The Balaban J connectivity index is 0.00000144. The molecule has 3 heteroatoms. The summed E-state index contributed by atoms with van der Waals surface area (Å²) in [6.07, 6.45) is 8.44. The maximum Gasteiger partial charge on any atom is 0.0466 e. The summed E-state index contributed by atoms with van der Waals surface area (Å²) >= 11 is 0. The van der Waals surface area contributed by atoms with Gasteiger partial charge in [-0.05, 0) is 49.8 Å². The van der Waals surface area contributed by atoms with Crippen LogP contribution in [0.5, 0.6) is 0 Å². The maximum atomic E-state index is 2.79. The van der Waals surface area contributed by atoms with Crippen LogP contribution in [-0.4, -0.2) is 43.0 Å². The van der Waals surface area contributed by atoms with Crippen molar-refractivity contribution < 1.29 is 0 Å². The second kappa shape index (κ2) is 6.51. The summed E-state index contributed by atoms with van der Waals surface area (Å²) in [5, 5.41) is 0. The van der Waals surface area contributed by atoms with Crippen LogP contribution in [0.15, 0.2) is 24.3 Å². The molecule has 3 aliphatic rings. The van der Waals surface area contributed by atoms with E-state index in [-0.39, 0.29) is 12.4 Å². The molecule has 1 aliphatic heterocycles. The summed E-state index contributed by atoms with van der Waals surface area (Å²) in [4.78, 5) is 5.26. The van der Waals surface area contributed by atoms with Gasteiger partial charge in [0, 0.05) is 31.7 Å². The average Bonchev–Trinajstić information content (AvgIpc) is 3.14. The second-order valence-corrected chi connectivity index (χ2v) is 7.39. The number of benzene rings is 1. The molecule has 2 aliphatic carbocycles. The normalized spacial score (nSPS) is 25.9. The SMILES string of the molecule is CN1CCN(C2(c3ccccc3C3CCCC3)CC2)CC1.Cl. The Bertz CT molecular complexity index is 498. The average molecular weight is 321 g/mol. The Morgan fingerprint density at radius 1 is 0.955 bits per heavy atom. The molecular weight excluding hydrogens is 292 g/mol. The van der Waals surface area contributed by atoms with Crippen molar-refractivity contribution in [3.8, 4) is 0 Å². The molecule has 2 saturated carbocycles. The van der Waals surface area contributed by atoms with Crippen molar-refractivity contribution in [3.63, 3.8) is 0 Å². The topological polar surface area (TPSA) is 6.48 Å². The van der Waals surface area contributed by atoms with Gasteiger partial charge in [-0.3, -0.25) is 4.90 Å². The summed E-state index contributed by atoms with van der Waals surface area (Å²) < 4.78 is 0. The van der Waals surface area contributed by atoms with Crippen LogP contribution in [0.2, 0.25) is 0 Å². The predicted molar refractivity (Wildman–Crippen MR) is 94.9 cm³/mol. The Morgan fingerprint density at radius 2 is 1.59 bits per heavy atom. The molecular formula is C19H29ClN2. The van der Waals surface area contributed by atoms with Gasteiger partial charge in [-0.15, -0.1) is 12.4 Å². The van der Waals surface area contributed by atoms with Crippen molar-refractivity contribution in [1.82, 2.24) is 9.80 Å². The molecule has 0 amide bonds. The zero-order chi connectivity index (χ0) is 14.3. The highest BCUT2D eigenvalue weighted by Gasteiger charge is 2.51. The van der Waals surface area contributed by atoms with Crippen molar-refractivity contribution in [2.24, 2.45) is 0 Å². The Kier molecular flexibility index (Phi) is 4.82. The molecule has 1 saturated heterocycles. The summed E-state index contributed by atoms with van der Waals surface area (Å²) in [5.41, 5.74) is 3.77. The number of hydrogen-bond acceptors (Lipinski definition) is 2. The zero-order valence-corrected chi connectivity index (χ0v) is 14.6. The molecule has 0 bridgehead atoms. The first-order chi connectivity index (χ1) is 10.3. The number of hydrogen-bond donors (Lipinski definition) is 0. The van der Waals surface area contributed by atoms with Gasteiger partial charge in [0.05, 0.1) is 0 Å². The van der Waals surface area contributed by atoms with Gasteiger partial charge in [-0.25, -0.2) is 0 Å². The fourth-order valence-electron chi connectivity index (χ4n) is 4.62. The van der Waals surface area contributed by atoms with E-state index in [1.54, 1.807) is 11.1 Å². The van der Waals surface area contributed by atoms with Gasteiger partial charge in [-0.2, -0.15) is 0 Å². The van der Waals surface area contributed by atoms with Gasteiger partial charge in [0.2, 0.25) is 0 Å². The van der Waals surface area contributed by atoms with E-state index in [2.05, 4.69) is 41.1 Å². The number of halogens is 1. The summed E-state index contributed by atoms with van der Waals surface area (Å²) in [6, 6.07) is 9.40. The minimum atomic E-state index is 0. The number of piperazine rings is 1. The van der Waals surface area contributed by atoms with E-state index in [1.165, 1.54) is 64.7 Å². The third kappa shape index (κ3) is 2.81. The Morgan fingerprint density at radius 3 is 2.23 bits per heavy atom. The van der Waals surface area contributed by atoms with E-state index in [9.17, 15) is 0 Å². The highest BCUT2D eigenvalue weighted by molar-refractivity contribution is 5.85. The van der Waals surface area contributed by atoms with Gasteiger partial charge in [0.15, 0.2) is 0 Å². The highest BCUT2D eigenvalue weighted by atomic mass is 35.5. The lowest BCUT2D eigenvalue weighted by molar-refractivity contribution is 0.0969. The molecule has 4 rings (SSSR count). The van der Waals surface area contributed by atoms with E-state index in [4.69, 9.17) is 0 Å². The first-order valence-electron chi connectivity index (χ1n) is 8.83. The fourth-order valence-corrected chi connectivity index (χ4v) is 4.62. The molecule has 0 N–H and O–H groups in total. The van der Waals surface area contributed by atoms with Gasteiger partial charge in [0.1, 0.15) is 0 Å². The van der Waals surface area contributed by atoms with Crippen LogP contribution in [0.1, 0.15) is 55.6 Å². The van der Waals surface area contributed by atoms with Crippen LogP contribution >= 0.6 is 12.4 Å². The third-order valence-corrected chi connectivity index (χ3v) is 6.09. The van der Waals surface area contributed by atoms with Crippen molar-refractivity contribution in [3.05, 3.63) is 35.4 Å². The second-order valence-electron chi connectivity index (χ2n) is 7.39. The van der Waals surface area contributed by atoms with E-state index in [0.717, 1.165) is 5.92 Å². The standard InChI is InChI=1S/C19H28N2.ClH/c1-20-12-14-21(15-13-20)19(10-11-19)18-9-5-4-8-17(18)16-6-2-3-7-16;/h4-5,8-9,16H,2-3,6-7,10-15H2,1H3;1H. The van der Waals surface area contributed by atoms with Crippen LogP contribution < -0.4 is 0 Å². The summed E-state index contributed by atoms with van der Waals surface area (Å²) in [6.45, 7) is 4.95. The van der Waals surface area contributed by atoms with E-state index in [1.807, 2.05) is 0 Å². The van der Waals surface area contributed by atoms with Gasteiger partial charge in [0.25, 0.3) is 0 Å². The molecule has 0 atom stereocenters. The first-order valence-corrected chi connectivity index (χ1v) is 8.83. The predicted octanol–water partition coefficient (Wildman–Crippen LogP) is 4.00. The van der Waals surface area contributed by atoms with Crippen LogP contribution in [0.3, 0.4) is 0 Å². The number of likely N-dealkylation sites (N-methyl/N-ethyl adjacent to an activating group) is 1. The minimum absolute atomic E-state index is 0. The molecule has 1 heterocycles. The molecule has 2 nitrogen and oxygen atoms in total. The van der Waals surface area contributed by atoms with Crippen molar-refractivity contribution in [2.45, 2.75) is 50.0 Å². The molecule has 0 radical (unpaired) electrons. The van der Waals surface area contributed by atoms with Crippen molar-refractivity contribution in [2.75, 3.05) is 33.2 Å². The Hall–Kier alpha value is -0.570. The van der Waals surface area contributed by atoms with Gasteiger partial charge in [-0.1, -0.05) is 37.1 Å². The molecule has 0 aromatic heterocycles. The lowest BCUT2D eigenvalue weighted by Crippen LogP contribution is -2.49. The van der Waals surface area contributed by atoms with Crippen molar-refractivity contribution in [1.29, 1.82) is 0 Å². The highest BCUT2D eigenvalue weighted by Crippen LogP contribution is 2.54. The minimum Gasteiger partial charge on any atom is -0.304 e. The zero-order valence-electron chi connectivity index (χ0n) is 13.8. The van der Waals surface area contributed by atoms with E-state index in [0.29, 0.717) is 5.54 Å². The maximum absolute atomic E-state index is 2.79. The van der Waals surface area contributed by atoms with Crippen molar-refractivity contribution >= 4 is 12.4 Å². The van der Waals surface area contributed by atoms with Gasteiger partial charge < -0.3 is 4.90 Å².